The fraction of sp³-hybridized carbons (Fsp3) is 0.312. The average molecular weight is 269 g/mol. The van der Waals surface area contributed by atoms with E-state index in [1.807, 2.05) is 19.1 Å². The fourth-order valence-electron chi connectivity index (χ4n) is 2.44. The molecule has 3 rings (SSSR count). The third-order valence-electron chi connectivity index (χ3n) is 3.55. The van der Waals surface area contributed by atoms with E-state index in [0.717, 1.165) is 37.7 Å². The van der Waals surface area contributed by atoms with Crippen LogP contribution in [0.15, 0.2) is 58.2 Å². The first-order valence-corrected chi connectivity index (χ1v) is 6.97. The first-order valence-electron chi connectivity index (χ1n) is 6.97. The average Bonchev–Trinajstić information content (AvgIpc) is 3.03. The molecule has 4 nitrogen and oxygen atoms in total. The molecule has 1 aliphatic heterocycles. The van der Waals surface area contributed by atoms with E-state index in [0.29, 0.717) is 0 Å². The molecule has 0 bridgehead atoms. The summed E-state index contributed by atoms with van der Waals surface area (Å²) in [5.74, 6) is 0.843. The molecule has 0 spiro atoms. The molecule has 0 aliphatic carbocycles. The Labute approximate surface area is 119 Å². The molecule has 1 aromatic carbocycles. The lowest BCUT2D eigenvalue weighted by atomic mass is 10.2. The fourth-order valence-corrected chi connectivity index (χ4v) is 2.44. The molecular formula is C16H19N3O. The van der Waals surface area contributed by atoms with Gasteiger partial charge in [-0.3, -0.25) is 5.01 Å². The van der Waals surface area contributed by atoms with Crippen LogP contribution in [-0.4, -0.2) is 36.9 Å². The number of hydrazone groups is 1. The minimum atomic E-state index is 0.843. The number of piperazine rings is 1. The molecule has 0 radical (unpaired) electrons. The minimum Gasteiger partial charge on any atom is -0.463 e. The Morgan fingerprint density at radius 2 is 1.75 bits per heavy atom. The molecule has 0 unspecified atom stereocenters. The van der Waals surface area contributed by atoms with Gasteiger partial charge in [-0.2, -0.15) is 5.10 Å². The maximum absolute atomic E-state index is 5.36. The normalized spacial score (nSPS) is 16.6. The van der Waals surface area contributed by atoms with Gasteiger partial charge in [-0.05, 0) is 31.2 Å². The van der Waals surface area contributed by atoms with Crippen LogP contribution in [0.1, 0.15) is 12.7 Å². The standard InChI is InChI=1S/C16H19N3O/c1-14(16-8-5-13-20-16)17-19-11-9-18(10-12-19)15-6-3-2-4-7-15/h2-8,13H,9-12H2,1H3/b17-14+. The van der Waals surface area contributed by atoms with Gasteiger partial charge in [0.1, 0.15) is 5.76 Å². The predicted molar refractivity (Wildman–Crippen MR) is 81.1 cm³/mol. The molecule has 2 aromatic rings. The summed E-state index contributed by atoms with van der Waals surface area (Å²) in [7, 11) is 0. The van der Waals surface area contributed by atoms with Crippen LogP contribution in [0.2, 0.25) is 0 Å². The number of hydrogen-bond acceptors (Lipinski definition) is 4. The van der Waals surface area contributed by atoms with Crippen molar-refractivity contribution in [2.45, 2.75) is 6.92 Å². The molecule has 0 N–H and O–H groups in total. The molecule has 1 aliphatic rings. The summed E-state index contributed by atoms with van der Waals surface area (Å²) in [6.45, 7) is 5.86. The van der Waals surface area contributed by atoms with Gasteiger partial charge in [0, 0.05) is 18.8 Å². The summed E-state index contributed by atoms with van der Waals surface area (Å²) in [5.41, 5.74) is 2.22. The Kier molecular flexibility index (Phi) is 3.72. The van der Waals surface area contributed by atoms with E-state index in [-0.39, 0.29) is 0 Å². The van der Waals surface area contributed by atoms with Crippen LogP contribution in [0, 0.1) is 0 Å². The van der Waals surface area contributed by atoms with Crippen LogP contribution >= 0.6 is 0 Å². The smallest absolute Gasteiger partial charge is 0.149 e. The number of furan rings is 1. The predicted octanol–water partition coefficient (Wildman–Crippen LogP) is 2.83. The summed E-state index contributed by atoms with van der Waals surface area (Å²) in [6.07, 6.45) is 1.68. The van der Waals surface area contributed by atoms with E-state index in [4.69, 9.17) is 4.42 Å². The highest BCUT2D eigenvalue weighted by atomic mass is 16.3. The molecule has 0 amide bonds. The van der Waals surface area contributed by atoms with Crippen molar-refractivity contribution in [2.24, 2.45) is 5.10 Å². The molecule has 1 fully saturated rings. The number of benzene rings is 1. The Bertz CT molecular complexity index is 555. The summed E-state index contributed by atoms with van der Waals surface area (Å²) in [4.78, 5) is 2.40. The van der Waals surface area contributed by atoms with E-state index in [1.54, 1.807) is 6.26 Å². The maximum atomic E-state index is 5.36. The second-order valence-corrected chi connectivity index (χ2v) is 4.94. The monoisotopic (exact) mass is 269 g/mol. The van der Waals surface area contributed by atoms with Crippen molar-refractivity contribution in [1.29, 1.82) is 0 Å². The van der Waals surface area contributed by atoms with Crippen molar-refractivity contribution in [3.05, 3.63) is 54.5 Å². The summed E-state index contributed by atoms with van der Waals surface area (Å²) < 4.78 is 5.36. The molecule has 4 heteroatoms. The molecule has 104 valence electrons. The van der Waals surface area contributed by atoms with Gasteiger partial charge in [0.2, 0.25) is 0 Å². The summed E-state index contributed by atoms with van der Waals surface area (Å²) in [5, 5.41) is 6.76. The van der Waals surface area contributed by atoms with Crippen LogP contribution in [0.3, 0.4) is 0 Å². The SMILES string of the molecule is C/C(=N\N1CCN(c2ccccc2)CC1)c1ccco1. The van der Waals surface area contributed by atoms with Gasteiger partial charge >= 0.3 is 0 Å². The highest BCUT2D eigenvalue weighted by Gasteiger charge is 2.16. The number of rotatable bonds is 3. The topological polar surface area (TPSA) is 32.0 Å². The highest BCUT2D eigenvalue weighted by molar-refractivity contribution is 5.95. The van der Waals surface area contributed by atoms with E-state index < -0.39 is 0 Å². The lowest BCUT2D eigenvalue weighted by Crippen LogP contribution is -2.44. The number of nitrogens with zero attached hydrogens (tertiary/aromatic N) is 3. The van der Waals surface area contributed by atoms with Gasteiger partial charge in [-0.1, -0.05) is 18.2 Å². The van der Waals surface area contributed by atoms with Crippen LogP contribution in [0.5, 0.6) is 0 Å². The molecule has 0 atom stereocenters. The van der Waals surface area contributed by atoms with Gasteiger partial charge < -0.3 is 9.32 Å². The van der Waals surface area contributed by atoms with Gasteiger partial charge in [0.15, 0.2) is 0 Å². The lowest BCUT2D eigenvalue weighted by molar-refractivity contribution is 0.270. The highest BCUT2D eigenvalue weighted by Crippen LogP contribution is 2.16. The zero-order valence-corrected chi connectivity index (χ0v) is 11.7. The molecule has 1 saturated heterocycles. The van der Waals surface area contributed by atoms with E-state index >= 15 is 0 Å². The zero-order chi connectivity index (χ0) is 13.8. The van der Waals surface area contributed by atoms with Crippen molar-refractivity contribution in [3.63, 3.8) is 0 Å². The van der Waals surface area contributed by atoms with Crippen molar-refractivity contribution < 1.29 is 4.42 Å². The number of anilines is 1. The Hall–Kier alpha value is -2.23. The van der Waals surface area contributed by atoms with Gasteiger partial charge in [-0.15, -0.1) is 0 Å². The maximum Gasteiger partial charge on any atom is 0.149 e. The first kappa shape index (κ1) is 12.8. The van der Waals surface area contributed by atoms with Gasteiger partial charge in [0.05, 0.1) is 25.1 Å². The van der Waals surface area contributed by atoms with Crippen molar-refractivity contribution in [3.8, 4) is 0 Å². The second kappa shape index (κ2) is 5.82. The molecule has 20 heavy (non-hydrogen) atoms. The lowest BCUT2D eigenvalue weighted by Gasteiger charge is -2.34. The van der Waals surface area contributed by atoms with Crippen LogP contribution < -0.4 is 4.90 Å². The Balaban J connectivity index is 1.60. The van der Waals surface area contributed by atoms with E-state index in [2.05, 4.69) is 45.3 Å². The van der Waals surface area contributed by atoms with Crippen LogP contribution in [0.25, 0.3) is 0 Å². The molecule has 1 aromatic heterocycles. The van der Waals surface area contributed by atoms with Crippen molar-refractivity contribution >= 4 is 11.4 Å². The van der Waals surface area contributed by atoms with Crippen molar-refractivity contribution in [2.75, 3.05) is 31.1 Å². The number of para-hydroxylation sites is 1. The Morgan fingerprint density at radius 1 is 1.00 bits per heavy atom. The van der Waals surface area contributed by atoms with Crippen LogP contribution in [-0.2, 0) is 0 Å². The van der Waals surface area contributed by atoms with E-state index in [1.165, 1.54) is 5.69 Å². The Morgan fingerprint density at radius 3 is 2.40 bits per heavy atom. The minimum absolute atomic E-state index is 0.843. The molecule has 0 saturated carbocycles. The number of hydrogen-bond donors (Lipinski definition) is 0. The van der Waals surface area contributed by atoms with Gasteiger partial charge in [-0.25, -0.2) is 0 Å². The largest absolute Gasteiger partial charge is 0.463 e. The van der Waals surface area contributed by atoms with Crippen LogP contribution in [0.4, 0.5) is 5.69 Å². The molecular weight excluding hydrogens is 250 g/mol. The molecule has 2 heterocycles. The summed E-state index contributed by atoms with van der Waals surface area (Å²) >= 11 is 0. The third-order valence-corrected chi connectivity index (χ3v) is 3.55. The third kappa shape index (κ3) is 2.85. The first-order chi connectivity index (χ1) is 9.83. The van der Waals surface area contributed by atoms with E-state index in [9.17, 15) is 0 Å². The zero-order valence-electron chi connectivity index (χ0n) is 11.7. The summed E-state index contributed by atoms with van der Waals surface area (Å²) in [6, 6.07) is 14.4. The quantitative estimate of drug-likeness (QED) is 0.803. The van der Waals surface area contributed by atoms with Crippen molar-refractivity contribution in [1.82, 2.24) is 5.01 Å². The van der Waals surface area contributed by atoms with Gasteiger partial charge in [0.25, 0.3) is 0 Å². The second-order valence-electron chi connectivity index (χ2n) is 4.94.